The van der Waals surface area contributed by atoms with Gasteiger partial charge in [0.05, 0.1) is 17.5 Å². The third-order valence-corrected chi connectivity index (χ3v) is 5.28. The fraction of sp³-hybridized carbons (Fsp3) is 0.600. The number of aromatic amines is 1. The molecule has 2 rings (SSSR count). The molecule has 0 bridgehead atoms. The van der Waals surface area contributed by atoms with Crippen LogP contribution in [0.2, 0.25) is 0 Å². The number of aryl methyl sites for hydroxylation is 2. The van der Waals surface area contributed by atoms with Gasteiger partial charge in [-0.3, -0.25) is 9.89 Å². The Morgan fingerprint density at radius 3 is 2.58 bits per heavy atom. The highest BCUT2D eigenvalue weighted by Crippen LogP contribution is 2.29. The summed E-state index contributed by atoms with van der Waals surface area (Å²) in [6.07, 6.45) is -1.08. The monoisotopic (exact) mass is 289 g/mol. The van der Waals surface area contributed by atoms with Crippen LogP contribution in [0.1, 0.15) is 17.8 Å². The van der Waals surface area contributed by atoms with Crippen LogP contribution in [0, 0.1) is 13.8 Å². The number of rotatable bonds is 3. The number of aromatic nitrogens is 2. The van der Waals surface area contributed by atoms with E-state index in [0.717, 1.165) is 4.31 Å². The van der Waals surface area contributed by atoms with E-state index in [1.54, 1.807) is 6.92 Å². The molecule has 2 atom stereocenters. The average molecular weight is 289 g/mol. The summed E-state index contributed by atoms with van der Waals surface area (Å²) in [7, 11) is -3.99. The highest BCUT2D eigenvalue weighted by atomic mass is 32.2. The SMILES string of the molecule is Cc1n[nH]c(C)c1S(=O)(=O)N1C[C@H](O)C[C@H]1C(=O)O. The van der Waals surface area contributed by atoms with Gasteiger partial charge in [0.1, 0.15) is 10.9 Å². The van der Waals surface area contributed by atoms with Gasteiger partial charge in [-0.05, 0) is 13.8 Å². The number of aliphatic hydroxyl groups excluding tert-OH is 1. The number of H-pyrrole nitrogens is 1. The summed E-state index contributed by atoms with van der Waals surface area (Å²) in [6, 6.07) is -1.24. The van der Waals surface area contributed by atoms with E-state index in [0.29, 0.717) is 5.69 Å². The number of nitrogens with one attached hydrogen (secondary N) is 1. The lowest BCUT2D eigenvalue weighted by Gasteiger charge is -2.20. The molecule has 1 saturated heterocycles. The number of carboxylic acid groups (broad SMARTS) is 1. The summed E-state index contributed by atoms with van der Waals surface area (Å²) in [5.41, 5.74) is 0.631. The quantitative estimate of drug-likeness (QED) is 0.671. The molecule has 8 nitrogen and oxygen atoms in total. The minimum absolute atomic E-state index is 0.0205. The van der Waals surface area contributed by atoms with Gasteiger partial charge in [0.25, 0.3) is 0 Å². The molecule has 1 aromatic rings. The van der Waals surface area contributed by atoms with E-state index in [1.165, 1.54) is 6.92 Å². The second-order valence-electron chi connectivity index (χ2n) is 4.58. The molecule has 0 unspecified atom stereocenters. The van der Waals surface area contributed by atoms with Crippen molar-refractivity contribution in [3.63, 3.8) is 0 Å². The number of sulfonamides is 1. The predicted molar refractivity (Wildman–Crippen MR) is 64.0 cm³/mol. The van der Waals surface area contributed by atoms with Crippen molar-refractivity contribution in [3.8, 4) is 0 Å². The van der Waals surface area contributed by atoms with Crippen LogP contribution in [0.15, 0.2) is 4.90 Å². The molecule has 1 aliphatic heterocycles. The van der Waals surface area contributed by atoms with E-state index in [2.05, 4.69) is 10.2 Å². The lowest BCUT2D eigenvalue weighted by Crippen LogP contribution is -2.40. The zero-order valence-electron chi connectivity index (χ0n) is 10.5. The van der Waals surface area contributed by atoms with Gasteiger partial charge in [-0.2, -0.15) is 9.40 Å². The molecule has 2 heterocycles. The molecule has 1 aromatic heterocycles. The van der Waals surface area contributed by atoms with Crippen molar-refractivity contribution in [1.29, 1.82) is 0 Å². The summed E-state index contributed by atoms with van der Waals surface area (Å²) < 4.78 is 25.8. The van der Waals surface area contributed by atoms with Crippen molar-refractivity contribution in [1.82, 2.24) is 14.5 Å². The van der Waals surface area contributed by atoms with Crippen LogP contribution in [-0.2, 0) is 14.8 Å². The Morgan fingerprint density at radius 2 is 2.11 bits per heavy atom. The second kappa shape index (κ2) is 4.58. The molecule has 9 heteroatoms. The zero-order chi connectivity index (χ0) is 14.4. The smallest absolute Gasteiger partial charge is 0.322 e. The van der Waals surface area contributed by atoms with Gasteiger partial charge < -0.3 is 10.2 Å². The van der Waals surface area contributed by atoms with E-state index < -0.39 is 28.1 Å². The van der Waals surface area contributed by atoms with Crippen LogP contribution >= 0.6 is 0 Å². The Labute approximate surface area is 110 Å². The third-order valence-electron chi connectivity index (χ3n) is 3.15. The number of β-amino-alcohol motifs (C(OH)–C–C–N with tert-alkyl or cyclic N) is 1. The van der Waals surface area contributed by atoms with E-state index in [4.69, 9.17) is 5.11 Å². The maximum atomic E-state index is 12.5. The van der Waals surface area contributed by atoms with Gasteiger partial charge in [-0.1, -0.05) is 0 Å². The van der Waals surface area contributed by atoms with Crippen LogP contribution < -0.4 is 0 Å². The predicted octanol–water partition coefficient (Wildman–Crippen LogP) is -0.765. The number of hydrogen-bond donors (Lipinski definition) is 3. The Morgan fingerprint density at radius 1 is 1.47 bits per heavy atom. The minimum atomic E-state index is -3.99. The molecule has 0 aliphatic carbocycles. The minimum Gasteiger partial charge on any atom is -0.480 e. The van der Waals surface area contributed by atoms with Gasteiger partial charge in [-0.25, -0.2) is 8.42 Å². The number of carboxylic acids is 1. The largest absolute Gasteiger partial charge is 0.480 e. The number of hydrogen-bond acceptors (Lipinski definition) is 5. The Balaban J connectivity index is 2.48. The summed E-state index contributed by atoms with van der Waals surface area (Å²) in [5, 5.41) is 24.9. The molecule has 0 radical (unpaired) electrons. The highest BCUT2D eigenvalue weighted by Gasteiger charge is 2.44. The lowest BCUT2D eigenvalue weighted by atomic mass is 10.2. The molecular weight excluding hydrogens is 274 g/mol. The molecule has 0 aromatic carbocycles. The summed E-state index contributed by atoms with van der Waals surface area (Å²) in [4.78, 5) is 11.1. The number of carbonyl (C=O) groups is 1. The van der Waals surface area contributed by atoms with E-state index in [-0.39, 0.29) is 23.6 Å². The fourth-order valence-corrected chi connectivity index (χ4v) is 4.28. The first kappa shape index (κ1) is 14.0. The molecule has 19 heavy (non-hydrogen) atoms. The van der Waals surface area contributed by atoms with E-state index in [1.807, 2.05) is 0 Å². The highest BCUT2D eigenvalue weighted by molar-refractivity contribution is 7.89. The molecule has 0 saturated carbocycles. The average Bonchev–Trinajstić information content (AvgIpc) is 2.83. The van der Waals surface area contributed by atoms with Crippen LogP contribution in [0.25, 0.3) is 0 Å². The maximum Gasteiger partial charge on any atom is 0.322 e. The van der Waals surface area contributed by atoms with Gasteiger partial charge in [-0.15, -0.1) is 0 Å². The van der Waals surface area contributed by atoms with Gasteiger partial charge in [0.2, 0.25) is 10.0 Å². The van der Waals surface area contributed by atoms with Crippen molar-refractivity contribution in [2.75, 3.05) is 6.54 Å². The van der Waals surface area contributed by atoms with Gasteiger partial charge in [0.15, 0.2) is 0 Å². The number of aliphatic carboxylic acids is 1. The molecule has 0 spiro atoms. The van der Waals surface area contributed by atoms with Crippen LogP contribution in [0.4, 0.5) is 0 Å². The first-order chi connectivity index (χ1) is 8.75. The number of nitrogens with zero attached hydrogens (tertiary/aromatic N) is 2. The van der Waals surface area contributed by atoms with Crippen LogP contribution in [0.3, 0.4) is 0 Å². The molecule has 106 valence electrons. The first-order valence-electron chi connectivity index (χ1n) is 5.69. The fourth-order valence-electron chi connectivity index (χ4n) is 2.31. The summed E-state index contributed by atoms with van der Waals surface area (Å²) in [6.45, 7) is 2.86. The Bertz CT molecular complexity index is 589. The normalized spacial score (nSPS) is 24.8. The molecule has 3 N–H and O–H groups in total. The molecule has 0 amide bonds. The standard InChI is InChI=1S/C10H15N3O5S/c1-5-9(6(2)12-11-5)19(17,18)13-4-7(14)3-8(13)10(15)16/h7-8,14H,3-4H2,1-2H3,(H,11,12)(H,15,16)/t7-,8+/m1/s1. The summed E-state index contributed by atoms with van der Waals surface area (Å²) in [5.74, 6) is -1.26. The summed E-state index contributed by atoms with van der Waals surface area (Å²) >= 11 is 0. The van der Waals surface area contributed by atoms with Crippen LogP contribution in [-0.4, -0.2) is 57.8 Å². The second-order valence-corrected chi connectivity index (χ2v) is 6.41. The third kappa shape index (κ3) is 2.24. The molecular formula is C10H15N3O5S. The van der Waals surface area contributed by atoms with Gasteiger partial charge >= 0.3 is 5.97 Å². The zero-order valence-corrected chi connectivity index (χ0v) is 11.3. The van der Waals surface area contributed by atoms with Crippen molar-refractivity contribution >= 4 is 16.0 Å². The maximum absolute atomic E-state index is 12.5. The van der Waals surface area contributed by atoms with Crippen molar-refractivity contribution in [2.24, 2.45) is 0 Å². The van der Waals surface area contributed by atoms with E-state index >= 15 is 0 Å². The first-order valence-corrected chi connectivity index (χ1v) is 7.13. The Kier molecular flexibility index (Phi) is 3.37. The number of aliphatic hydroxyl groups is 1. The molecule has 1 fully saturated rings. The van der Waals surface area contributed by atoms with Crippen molar-refractivity contribution in [3.05, 3.63) is 11.4 Å². The topological polar surface area (TPSA) is 124 Å². The lowest BCUT2D eigenvalue weighted by molar-refractivity contribution is -0.140. The van der Waals surface area contributed by atoms with Crippen LogP contribution in [0.5, 0.6) is 0 Å². The van der Waals surface area contributed by atoms with Crippen molar-refractivity contribution in [2.45, 2.75) is 37.3 Å². The van der Waals surface area contributed by atoms with Gasteiger partial charge in [0, 0.05) is 13.0 Å². The van der Waals surface area contributed by atoms with Crippen molar-refractivity contribution < 1.29 is 23.4 Å². The molecule has 1 aliphatic rings. The Hall–Kier alpha value is -1.45. The van der Waals surface area contributed by atoms with E-state index in [9.17, 15) is 18.3 Å².